The molecule has 1 fully saturated rings. The predicted octanol–water partition coefficient (Wildman–Crippen LogP) is 1.55. The standard InChI is InChI=1S/C10H12BrFN2O/c11-10-9(12)3-7(4-13-10)5-14-2-1-8(15)6-14/h3-4,8,15H,1-2,5-6H2/t8-/m0/s1. The Balaban J connectivity index is 2.02. The van der Waals surface area contributed by atoms with Gasteiger partial charge in [-0.2, -0.15) is 0 Å². The molecule has 82 valence electrons. The van der Waals surface area contributed by atoms with E-state index in [1.54, 1.807) is 6.20 Å². The molecular formula is C10H12BrFN2O. The summed E-state index contributed by atoms with van der Waals surface area (Å²) in [6, 6.07) is 1.47. The lowest BCUT2D eigenvalue weighted by molar-refractivity contribution is 0.174. The van der Waals surface area contributed by atoms with Crippen molar-refractivity contribution in [1.82, 2.24) is 9.88 Å². The van der Waals surface area contributed by atoms with Crippen molar-refractivity contribution in [2.75, 3.05) is 13.1 Å². The highest BCUT2D eigenvalue weighted by Crippen LogP contribution is 2.16. The zero-order valence-corrected chi connectivity index (χ0v) is 9.74. The van der Waals surface area contributed by atoms with Crippen LogP contribution in [0, 0.1) is 5.82 Å². The predicted molar refractivity (Wildman–Crippen MR) is 57.8 cm³/mol. The summed E-state index contributed by atoms with van der Waals surface area (Å²) in [7, 11) is 0. The van der Waals surface area contributed by atoms with Crippen molar-refractivity contribution in [2.24, 2.45) is 0 Å². The van der Waals surface area contributed by atoms with E-state index in [9.17, 15) is 9.50 Å². The number of hydrogen-bond donors (Lipinski definition) is 1. The van der Waals surface area contributed by atoms with Crippen molar-refractivity contribution in [3.63, 3.8) is 0 Å². The topological polar surface area (TPSA) is 36.4 Å². The number of likely N-dealkylation sites (tertiary alicyclic amines) is 1. The SMILES string of the molecule is O[C@H]1CCN(Cc2cnc(Br)c(F)c2)C1. The molecule has 2 heterocycles. The Morgan fingerprint density at radius 3 is 3.07 bits per heavy atom. The van der Waals surface area contributed by atoms with Gasteiger partial charge in [0.05, 0.1) is 6.10 Å². The number of aliphatic hydroxyl groups is 1. The molecular weight excluding hydrogens is 263 g/mol. The highest BCUT2D eigenvalue weighted by molar-refractivity contribution is 9.10. The molecule has 3 nitrogen and oxygen atoms in total. The van der Waals surface area contributed by atoms with Crippen LogP contribution in [0.4, 0.5) is 4.39 Å². The lowest BCUT2D eigenvalue weighted by Crippen LogP contribution is -2.21. The lowest BCUT2D eigenvalue weighted by atomic mass is 10.2. The molecule has 1 aromatic heterocycles. The average molecular weight is 275 g/mol. The molecule has 0 spiro atoms. The van der Waals surface area contributed by atoms with Gasteiger partial charge in [-0.1, -0.05) is 0 Å². The summed E-state index contributed by atoms with van der Waals surface area (Å²) in [6.07, 6.45) is 2.21. The normalized spacial score (nSPS) is 22.2. The van der Waals surface area contributed by atoms with Crippen LogP contribution in [0.15, 0.2) is 16.9 Å². The molecule has 0 saturated carbocycles. The number of nitrogens with zero attached hydrogens (tertiary/aromatic N) is 2. The number of hydrogen-bond acceptors (Lipinski definition) is 3. The monoisotopic (exact) mass is 274 g/mol. The van der Waals surface area contributed by atoms with E-state index in [4.69, 9.17) is 0 Å². The molecule has 1 aromatic rings. The van der Waals surface area contributed by atoms with E-state index in [1.807, 2.05) is 0 Å². The molecule has 1 aliphatic rings. The third-order valence-corrected chi connectivity index (χ3v) is 3.09. The molecule has 15 heavy (non-hydrogen) atoms. The molecule has 1 N–H and O–H groups in total. The second-order valence-corrected chi connectivity index (χ2v) is 4.54. The summed E-state index contributed by atoms with van der Waals surface area (Å²) in [5, 5.41) is 9.34. The first-order valence-electron chi connectivity index (χ1n) is 4.85. The van der Waals surface area contributed by atoms with E-state index in [0.29, 0.717) is 13.1 Å². The molecule has 0 aromatic carbocycles. The Kier molecular flexibility index (Phi) is 3.33. The number of aromatic nitrogens is 1. The first-order chi connectivity index (χ1) is 7.15. The first kappa shape index (κ1) is 11.0. The number of pyridine rings is 1. The summed E-state index contributed by atoms with van der Waals surface area (Å²) in [5.41, 5.74) is 0.838. The minimum absolute atomic E-state index is 0.238. The average Bonchev–Trinajstić information content (AvgIpc) is 2.58. The van der Waals surface area contributed by atoms with Gasteiger partial charge in [0.2, 0.25) is 0 Å². The molecule has 1 aliphatic heterocycles. The van der Waals surface area contributed by atoms with Crippen LogP contribution in [0.1, 0.15) is 12.0 Å². The number of halogens is 2. The maximum atomic E-state index is 13.2. The summed E-state index contributed by atoms with van der Waals surface area (Å²) >= 11 is 3.01. The fourth-order valence-corrected chi connectivity index (χ4v) is 1.98. The van der Waals surface area contributed by atoms with Crippen LogP contribution in [0.25, 0.3) is 0 Å². The Bertz CT molecular complexity index is 361. The van der Waals surface area contributed by atoms with Crippen molar-refractivity contribution in [1.29, 1.82) is 0 Å². The molecule has 5 heteroatoms. The van der Waals surface area contributed by atoms with Gasteiger partial charge < -0.3 is 5.11 Å². The maximum absolute atomic E-state index is 13.2. The lowest BCUT2D eigenvalue weighted by Gasteiger charge is -2.14. The van der Waals surface area contributed by atoms with Crippen LogP contribution in [0.3, 0.4) is 0 Å². The van der Waals surface area contributed by atoms with Gasteiger partial charge in [-0.3, -0.25) is 4.90 Å². The summed E-state index contributed by atoms with van der Waals surface area (Å²) in [4.78, 5) is 5.98. The summed E-state index contributed by atoms with van der Waals surface area (Å²) in [6.45, 7) is 2.17. The van der Waals surface area contributed by atoms with Gasteiger partial charge in [0.1, 0.15) is 4.60 Å². The van der Waals surface area contributed by atoms with Crippen molar-refractivity contribution in [3.05, 3.63) is 28.2 Å². The maximum Gasteiger partial charge on any atom is 0.156 e. The smallest absolute Gasteiger partial charge is 0.156 e. The van der Waals surface area contributed by atoms with Gasteiger partial charge in [0.25, 0.3) is 0 Å². The molecule has 0 aliphatic carbocycles. The number of rotatable bonds is 2. The molecule has 0 unspecified atom stereocenters. The summed E-state index contributed by atoms with van der Waals surface area (Å²) in [5.74, 6) is -0.341. The van der Waals surface area contributed by atoms with Crippen molar-refractivity contribution in [2.45, 2.75) is 19.1 Å². The highest BCUT2D eigenvalue weighted by Gasteiger charge is 2.20. The quantitative estimate of drug-likeness (QED) is 0.832. The zero-order chi connectivity index (χ0) is 10.8. The van der Waals surface area contributed by atoms with Crippen LogP contribution in [-0.2, 0) is 6.54 Å². The molecule has 1 atom stereocenters. The minimum atomic E-state index is -0.341. The van der Waals surface area contributed by atoms with E-state index in [-0.39, 0.29) is 16.5 Å². The van der Waals surface area contributed by atoms with Gasteiger partial charge in [-0.25, -0.2) is 9.37 Å². The van der Waals surface area contributed by atoms with Crippen LogP contribution < -0.4 is 0 Å². The van der Waals surface area contributed by atoms with Crippen LogP contribution in [0.2, 0.25) is 0 Å². The Morgan fingerprint density at radius 1 is 1.67 bits per heavy atom. The fourth-order valence-electron chi connectivity index (χ4n) is 1.76. The Morgan fingerprint density at radius 2 is 2.47 bits per heavy atom. The summed E-state index contributed by atoms with van der Waals surface area (Å²) < 4.78 is 13.4. The fraction of sp³-hybridized carbons (Fsp3) is 0.500. The third-order valence-electron chi connectivity index (χ3n) is 2.51. The van der Waals surface area contributed by atoms with E-state index in [0.717, 1.165) is 18.5 Å². The number of aliphatic hydroxyl groups excluding tert-OH is 1. The van der Waals surface area contributed by atoms with E-state index >= 15 is 0 Å². The van der Waals surface area contributed by atoms with Crippen molar-refractivity contribution in [3.8, 4) is 0 Å². The molecule has 1 saturated heterocycles. The van der Waals surface area contributed by atoms with Gasteiger partial charge in [-0.15, -0.1) is 0 Å². The van der Waals surface area contributed by atoms with Crippen molar-refractivity contribution < 1.29 is 9.50 Å². The highest BCUT2D eigenvalue weighted by atomic mass is 79.9. The molecule has 2 rings (SSSR count). The van der Waals surface area contributed by atoms with Gasteiger partial charge in [0, 0.05) is 25.8 Å². The van der Waals surface area contributed by atoms with E-state index < -0.39 is 0 Å². The molecule has 0 amide bonds. The van der Waals surface area contributed by atoms with Gasteiger partial charge in [-0.05, 0) is 34.0 Å². The zero-order valence-electron chi connectivity index (χ0n) is 8.16. The Labute approximate surface area is 96.1 Å². The third kappa shape index (κ3) is 2.74. The Hall–Kier alpha value is -0.520. The second-order valence-electron chi connectivity index (χ2n) is 3.79. The second kappa shape index (κ2) is 4.55. The van der Waals surface area contributed by atoms with E-state index in [2.05, 4.69) is 25.8 Å². The number of β-amino-alcohol motifs (C(OH)–C–C–N with tert-alkyl or cyclic N) is 1. The molecule has 0 radical (unpaired) electrons. The minimum Gasteiger partial charge on any atom is -0.392 e. The first-order valence-corrected chi connectivity index (χ1v) is 5.65. The van der Waals surface area contributed by atoms with E-state index in [1.165, 1.54) is 6.07 Å². The van der Waals surface area contributed by atoms with Crippen molar-refractivity contribution >= 4 is 15.9 Å². The van der Waals surface area contributed by atoms with Crippen LogP contribution >= 0.6 is 15.9 Å². The van der Waals surface area contributed by atoms with Crippen LogP contribution in [0.5, 0.6) is 0 Å². The van der Waals surface area contributed by atoms with Crippen LogP contribution in [-0.4, -0.2) is 34.2 Å². The van der Waals surface area contributed by atoms with Gasteiger partial charge in [0.15, 0.2) is 5.82 Å². The molecule has 0 bridgehead atoms. The van der Waals surface area contributed by atoms with Gasteiger partial charge >= 0.3 is 0 Å². The largest absolute Gasteiger partial charge is 0.392 e.